The van der Waals surface area contributed by atoms with Gasteiger partial charge in [-0.3, -0.25) is 4.98 Å². The molecule has 0 amide bonds. The van der Waals surface area contributed by atoms with Gasteiger partial charge in [0, 0.05) is 11.8 Å². The van der Waals surface area contributed by atoms with Crippen LogP contribution in [-0.4, -0.2) is 26.1 Å². The fraction of sp³-hybridized carbons (Fsp3) is 0.125. The lowest BCUT2D eigenvalue weighted by Crippen LogP contribution is -2.29. The molecule has 0 aliphatic carbocycles. The van der Waals surface area contributed by atoms with Crippen LogP contribution in [0.15, 0.2) is 58.2 Å². The molecule has 0 saturated carbocycles. The summed E-state index contributed by atoms with van der Waals surface area (Å²) in [6, 6.07) is 12.5. The highest BCUT2D eigenvalue weighted by Gasteiger charge is 2.17. The fourth-order valence-corrected chi connectivity index (χ4v) is 2.09. The van der Waals surface area contributed by atoms with Gasteiger partial charge in [0.2, 0.25) is 5.89 Å². The third-order valence-corrected chi connectivity index (χ3v) is 3.33. The molecule has 3 aromatic rings. The van der Waals surface area contributed by atoms with E-state index in [2.05, 4.69) is 20.3 Å². The number of hydrazone groups is 1. The van der Waals surface area contributed by atoms with Crippen LogP contribution in [-0.2, 0) is 6.54 Å². The quantitative estimate of drug-likeness (QED) is 0.299. The Labute approximate surface area is 147 Å². The summed E-state index contributed by atoms with van der Waals surface area (Å²) >= 11 is 0. The van der Waals surface area contributed by atoms with Gasteiger partial charge in [-0.25, -0.2) is 11.0 Å². The molecule has 4 N–H and O–H groups in total. The number of benzene rings is 1. The van der Waals surface area contributed by atoms with Crippen LogP contribution in [0.25, 0.3) is 11.5 Å². The van der Waals surface area contributed by atoms with Gasteiger partial charge in [0.05, 0.1) is 17.8 Å². The Morgan fingerprint density at radius 2 is 1.92 bits per heavy atom. The van der Waals surface area contributed by atoms with E-state index in [9.17, 15) is 8.78 Å². The summed E-state index contributed by atoms with van der Waals surface area (Å²) in [5.41, 5.74) is 7.66. The van der Waals surface area contributed by atoms with Crippen molar-refractivity contribution in [3.05, 3.63) is 65.8 Å². The van der Waals surface area contributed by atoms with Crippen molar-refractivity contribution in [3.8, 4) is 11.5 Å². The number of alkyl halides is 2. The van der Waals surface area contributed by atoms with Crippen LogP contribution < -0.4 is 11.6 Å². The van der Waals surface area contributed by atoms with E-state index < -0.39 is 12.3 Å². The van der Waals surface area contributed by atoms with Crippen molar-refractivity contribution < 1.29 is 13.2 Å². The van der Waals surface area contributed by atoms with Crippen molar-refractivity contribution in [2.24, 2.45) is 16.7 Å². The third kappa shape index (κ3) is 4.16. The predicted molar refractivity (Wildman–Crippen MR) is 89.4 cm³/mol. The highest BCUT2D eigenvalue weighted by Crippen LogP contribution is 2.22. The monoisotopic (exact) mass is 359 g/mol. The minimum Gasteiger partial charge on any atom is -0.415 e. The minimum absolute atomic E-state index is 0.0321. The zero-order valence-corrected chi connectivity index (χ0v) is 13.5. The summed E-state index contributed by atoms with van der Waals surface area (Å²) in [6.07, 6.45) is -1.39. The number of hydrogen-bond donors (Lipinski definition) is 2. The molecule has 2 heterocycles. The maximum absolute atomic E-state index is 12.5. The number of aromatic nitrogens is 3. The lowest BCUT2D eigenvalue weighted by atomic mass is 10.2. The summed E-state index contributed by atoms with van der Waals surface area (Å²) in [7, 11) is 0. The number of hydrazine groups is 1. The van der Waals surface area contributed by atoms with E-state index in [1.807, 2.05) is 30.3 Å². The molecule has 0 bridgehead atoms. The molecule has 0 fully saturated rings. The number of pyridine rings is 1. The number of hydrogen-bond acceptors (Lipinski definition) is 7. The molecule has 0 atom stereocenters. The van der Waals surface area contributed by atoms with E-state index in [4.69, 9.17) is 16.0 Å². The van der Waals surface area contributed by atoms with Crippen LogP contribution in [0, 0.1) is 0 Å². The summed E-state index contributed by atoms with van der Waals surface area (Å²) in [6.45, 7) is 0.194. The first-order chi connectivity index (χ1) is 12.5. The lowest BCUT2D eigenvalue weighted by molar-refractivity contribution is 0.116. The molecule has 8 nitrogen and oxygen atoms in total. The van der Waals surface area contributed by atoms with Crippen molar-refractivity contribution in [1.82, 2.24) is 20.3 Å². The van der Waals surface area contributed by atoms with Gasteiger partial charge in [-0.2, -0.15) is 8.78 Å². The Kier molecular flexibility index (Phi) is 5.13. The van der Waals surface area contributed by atoms with Gasteiger partial charge in [-0.15, -0.1) is 15.3 Å². The van der Waals surface area contributed by atoms with Gasteiger partial charge in [0.25, 0.3) is 5.89 Å². The van der Waals surface area contributed by atoms with Gasteiger partial charge in [-0.05, 0) is 12.1 Å². The maximum Gasteiger partial charge on any atom is 0.314 e. The van der Waals surface area contributed by atoms with Gasteiger partial charge >= 0.3 is 6.43 Å². The molecule has 10 heteroatoms. The molecule has 0 saturated heterocycles. The first-order valence-corrected chi connectivity index (χ1v) is 7.51. The molecule has 26 heavy (non-hydrogen) atoms. The molecule has 2 aromatic heterocycles. The van der Waals surface area contributed by atoms with Crippen LogP contribution in [0.4, 0.5) is 8.78 Å². The van der Waals surface area contributed by atoms with Crippen molar-refractivity contribution in [2.45, 2.75) is 13.0 Å². The van der Waals surface area contributed by atoms with E-state index in [0.29, 0.717) is 11.3 Å². The molecular weight excluding hydrogens is 344 g/mol. The smallest absolute Gasteiger partial charge is 0.314 e. The van der Waals surface area contributed by atoms with Gasteiger partial charge in [-0.1, -0.05) is 30.3 Å². The Morgan fingerprint density at radius 1 is 1.15 bits per heavy atom. The largest absolute Gasteiger partial charge is 0.415 e. The van der Waals surface area contributed by atoms with E-state index in [-0.39, 0.29) is 18.3 Å². The van der Waals surface area contributed by atoms with Crippen molar-refractivity contribution in [3.63, 3.8) is 0 Å². The van der Waals surface area contributed by atoms with E-state index in [0.717, 1.165) is 10.7 Å². The molecule has 1 aromatic carbocycles. The molecule has 134 valence electrons. The van der Waals surface area contributed by atoms with Crippen LogP contribution in [0.5, 0.6) is 0 Å². The SMILES string of the molecule is N/C(=N\N(N)Cc1ccc(-c2nnc(C(F)F)o2)cn1)c1ccccc1. The number of nitrogens with zero attached hydrogens (tertiary/aromatic N) is 5. The second-order valence-corrected chi connectivity index (χ2v) is 5.23. The zero-order chi connectivity index (χ0) is 18.5. The maximum atomic E-state index is 12.5. The number of rotatable bonds is 6. The van der Waals surface area contributed by atoms with Crippen molar-refractivity contribution in [2.75, 3.05) is 0 Å². The molecule has 3 rings (SSSR count). The van der Waals surface area contributed by atoms with Crippen LogP contribution in [0.3, 0.4) is 0 Å². The fourth-order valence-electron chi connectivity index (χ4n) is 2.09. The van der Waals surface area contributed by atoms with Crippen LogP contribution in [0.1, 0.15) is 23.6 Å². The third-order valence-electron chi connectivity index (χ3n) is 3.33. The average molecular weight is 359 g/mol. The number of amidine groups is 1. The summed E-state index contributed by atoms with van der Waals surface area (Å²) < 4.78 is 29.8. The van der Waals surface area contributed by atoms with E-state index in [1.165, 1.54) is 6.20 Å². The standard InChI is InChI=1S/C16H15F2N7O/c17-13(18)16-23-22-15(26-16)11-6-7-12(21-8-11)9-25(20)24-14(19)10-4-2-1-3-5-10/h1-8,13H,9,20H2,(H2,19,24). The van der Waals surface area contributed by atoms with Gasteiger partial charge in [0.1, 0.15) is 0 Å². The summed E-state index contributed by atoms with van der Waals surface area (Å²) in [5, 5.41) is 12.1. The van der Waals surface area contributed by atoms with Crippen molar-refractivity contribution >= 4 is 5.84 Å². The normalized spacial score (nSPS) is 11.8. The summed E-state index contributed by atoms with van der Waals surface area (Å²) in [4.78, 5) is 4.18. The van der Waals surface area contributed by atoms with Gasteiger partial charge < -0.3 is 10.2 Å². The van der Waals surface area contributed by atoms with Crippen LogP contribution >= 0.6 is 0 Å². The second-order valence-electron chi connectivity index (χ2n) is 5.23. The predicted octanol–water partition coefficient (Wildman–Crippen LogP) is 2.07. The molecule has 0 radical (unpaired) electrons. The highest BCUT2D eigenvalue weighted by atomic mass is 19.3. The first-order valence-electron chi connectivity index (χ1n) is 7.51. The zero-order valence-electron chi connectivity index (χ0n) is 13.5. The molecular formula is C16H15F2N7O. The van der Waals surface area contributed by atoms with Crippen LogP contribution in [0.2, 0.25) is 0 Å². The Balaban J connectivity index is 1.67. The number of nitrogens with two attached hydrogens (primary N) is 2. The first kappa shape index (κ1) is 17.4. The lowest BCUT2D eigenvalue weighted by Gasteiger charge is -2.13. The average Bonchev–Trinajstić information content (AvgIpc) is 3.13. The Bertz CT molecular complexity index is 881. The molecule has 0 spiro atoms. The van der Waals surface area contributed by atoms with E-state index >= 15 is 0 Å². The molecule has 0 aliphatic heterocycles. The molecule has 0 aliphatic rings. The number of halogens is 2. The van der Waals surface area contributed by atoms with E-state index in [1.54, 1.807) is 12.1 Å². The highest BCUT2D eigenvalue weighted by molar-refractivity contribution is 5.97. The Hall–Kier alpha value is -3.40. The Morgan fingerprint density at radius 3 is 2.54 bits per heavy atom. The topological polar surface area (TPSA) is 119 Å². The van der Waals surface area contributed by atoms with Gasteiger partial charge in [0.15, 0.2) is 5.84 Å². The minimum atomic E-state index is -2.82. The molecule has 0 unspecified atom stereocenters. The van der Waals surface area contributed by atoms with Crippen molar-refractivity contribution in [1.29, 1.82) is 0 Å². The summed E-state index contributed by atoms with van der Waals surface area (Å²) in [5.74, 6) is 5.34. The second kappa shape index (κ2) is 7.66.